The monoisotopic (exact) mass is 337 g/mol. The fourth-order valence-corrected chi connectivity index (χ4v) is 3.05. The highest BCUT2D eigenvalue weighted by molar-refractivity contribution is 5.92. The van der Waals surface area contributed by atoms with Crippen LogP contribution in [-0.4, -0.2) is 24.8 Å². The van der Waals surface area contributed by atoms with Crippen LogP contribution in [0.4, 0.5) is 0 Å². The van der Waals surface area contributed by atoms with Crippen LogP contribution in [0.2, 0.25) is 0 Å². The van der Waals surface area contributed by atoms with Crippen molar-refractivity contribution in [2.75, 3.05) is 6.61 Å². The van der Waals surface area contributed by atoms with Gasteiger partial charge in [0, 0.05) is 5.56 Å². The topological polar surface area (TPSA) is 72.5 Å². The van der Waals surface area contributed by atoms with E-state index in [4.69, 9.17) is 4.74 Å². The lowest BCUT2D eigenvalue weighted by Gasteiger charge is -2.26. The Balaban J connectivity index is 1.54. The van der Waals surface area contributed by atoms with Gasteiger partial charge in [-0.1, -0.05) is 36.4 Å². The highest BCUT2D eigenvalue weighted by Crippen LogP contribution is 2.29. The highest BCUT2D eigenvalue weighted by Gasteiger charge is 2.21. The fourth-order valence-electron chi connectivity index (χ4n) is 3.05. The molecular formula is C20H19NO4. The lowest BCUT2D eigenvalue weighted by atomic mass is 9.88. The molecule has 5 heteroatoms. The third-order valence-corrected chi connectivity index (χ3v) is 4.32. The van der Waals surface area contributed by atoms with Gasteiger partial charge in [0.15, 0.2) is 6.61 Å². The van der Waals surface area contributed by atoms with E-state index < -0.39 is 5.97 Å². The maximum Gasteiger partial charge on any atom is 0.338 e. The van der Waals surface area contributed by atoms with Crippen LogP contribution < -0.4 is 5.32 Å². The average molecular weight is 337 g/mol. The van der Waals surface area contributed by atoms with Crippen molar-refractivity contribution in [1.82, 2.24) is 5.32 Å². The van der Waals surface area contributed by atoms with E-state index in [1.165, 1.54) is 29.8 Å². The van der Waals surface area contributed by atoms with E-state index in [1.807, 2.05) is 18.2 Å². The summed E-state index contributed by atoms with van der Waals surface area (Å²) >= 11 is 0. The molecule has 1 N–H and O–H groups in total. The van der Waals surface area contributed by atoms with E-state index in [2.05, 4.69) is 11.4 Å². The number of fused-ring (bicyclic) bond motifs is 1. The summed E-state index contributed by atoms with van der Waals surface area (Å²) < 4.78 is 5.05. The van der Waals surface area contributed by atoms with E-state index >= 15 is 0 Å². The van der Waals surface area contributed by atoms with Crippen molar-refractivity contribution in [2.45, 2.75) is 25.3 Å². The third-order valence-electron chi connectivity index (χ3n) is 4.32. The lowest BCUT2D eigenvalue weighted by molar-refractivity contribution is -0.125. The largest absolute Gasteiger partial charge is 0.452 e. The van der Waals surface area contributed by atoms with Gasteiger partial charge < -0.3 is 10.1 Å². The van der Waals surface area contributed by atoms with Crippen LogP contribution in [0.3, 0.4) is 0 Å². The number of amides is 1. The van der Waals surface area contributed by atoms with Gasteiger partial charge in [0.25, 0.3) is 5.91 Å². The van der Waals surface area contributed by atoms with Crippen LogP contribution in [0, 0.1) is 0 Å². The smallest absolute Gasteiger partial charge is 0.338 e. The number of hydrogen-bond donors (Lipinski definition) is 1. The van der Waals surface area contributed by atoms with Crippen molar-refractivity contribution in [2.24, 2.45) is 0 Å². The molecule has 1 aliphatic carbocycles. The van der Waals surface area contributed by atoms with E-state index in [0.29, 0.717) is 17.4 Å². The summed E-state index contributed by atoms with van der Waals surface area (Å²) in [6, 6.07) is 14.1. The fraction of sp³-hybridized carbons (Fsp3) is 0.250. The normalized spacial score (nSPS) is 15.8. The molecule has 0 bridgehead atoms. The lowest BCUT2D eigenvalue weighted by Crippen LogP contribution is -2.34. The number of carbonyl (C=O) groups excluding carboxylic acids is 3. The molecule has 2 aromatic carbocycles. The number of nitrogens with one attached hydrogen (secondary N) is 1. The molecule has 1 atom stereocenters. The molecule has 0 fully saturated rings. The zero-order chi connectivity index (χ0) is 17.6. The first-order valence-corrected chi connectivity index (χ1v) is 8.27. The molecule has 128 valence electrons. The third kappa shape index (κ3) is 4.12. The molecule has 0 saturated heterocycles. The Morgan fingerprint density at radius 1 is 1.12 bits per heavy atom. The van der Waals surface area contributed by atoms with Gasteiger partial charge in [-0.2, -0.15) is 0 Å². The van der Waals surface area contributed by atoms with E-state index in [9.17, 15) is 14.4 Å². The Hall–Kier alpha value is -2.95. The molecule has 3 rings (SSSR count). The van der Waals surface area contributed by atoms with Crippen LogP contribution >= 0.6 is 0 Å². The Bertz CT molecular complexity index is 783. The van der Waals surface area contributed by atoms with E-state index in [-0.39, 0.29) is 18.6 Å². The molecule has 5 nitrogen and oxygen atoms in total. The van der Waals surface area contributed by atoms with Gasteiger partial charge in [-0.3, -0.25) is 9.59 Å². The van der Waals surface area contributed by atoms with Crippen LogP contribution in [0.25, 0.3) is 0 Å². The van der Waals surface area contributed by atoms with Crippen molar-refractivity contribution in [3.05, 3.63) is 70.8 Å². The first kappa shape index (κ1) is 16.9. The molecule has 25 heavy (non-hydrogen) atoms. The molecule has 0 spiro atoms. The predicted molar refractivity (Wildman–Crippen MR) is 92.4 cm³/mol. The van der Waals surface area contributed by atoms with Gasteiger partial charge in [0.05, 0.1) is 11.6 Å². The summed E-state index contributed by atoms with van der Waals surface area (Å²) in [5, 5.41) is 2.94. The number of esters is 1. The van der Waals surface area contributed by atoms with Gasteiger partial charge >= 0.3 is 5.97 Å². The number of carbonyl (C=O) groups is 3. The Labute approximate surface area is 146 Å². The van der Waals surface area contributed by atoms with Gasteiger partial charge in [0.1, 0.15) is 6.29 Å². The minimum absolute atomic E-state index is 0.0389. The Morgan fingerprint density at radius 3 is 2.64 bits per heavy atom. The Morgan fingerprint density at radius 2 is 1.88 bits per heavy atom. The second-order valence-corrected chi connectivity index (χ2v) is 6.03. The molecule has 1 aliphatic rings. The minimum atomic E-state index is -0.586. The van der Waals surface area contributed by atoms with Crippen LogP contribution in [-0.2, 0) is 16.0 Å². The minimum Gasteiger partial charge on any atom is -0.452 e. The first-order chi connectivity index (χ1) is 12.2. The summed E-state index contributed by atoms with van der Waals surface area (Å²) in [5.74, 6) is -0.906. The van der Waals surface area contributed by atoms with Crippen molar-refractivity contribution in [1.29, 1.82) is 0 Å². The SMILES string of the molecule is O=Cc1ccc(C(=O)OCC(=O)NC2CCCc3ccccc32)cc1. The molecule has 2 aromatic rings. The highest BCUT2D eigenvalue weighted by atomic mass is 16.5. The number of aryl methyl sites for hydroxylation is 1. The van der Waals surface area contributed by atoms with Crippen LogP contribution in [0.5, 0.6) is 0 Å². The summed E-state index contributed by atoms with van der Waals surface area (Å²) in [5.41, 5.74) is 3.18. The zero-order valence-corrected chi connectivity index (χ0v) is 13.7. The number of aldehydes is 1. The maximum atomic E-state index is 12.1. The van der Waals surface area contributed by atoms with Gasteiger partial charge in [-0.05, 0) is 42.5 Å². The van der Waals surface area contributed by atoms with E-state index in [1.54, 1.807) is 0 Å². The van der Waals surface area contributed by atoms with Gasteiger partial charge in [-0.15, -0.1) is 0 Å². The predicted octanol–water partition coefficient (Wildman–Crippen LogP) is 2.85. The molecule has 0 aromatic heterocycles. The summed E-state index contributed by atoms with van der Waals surface area (Å²) in [6.07, 6.45) is 3.62. The van der Waals surface area contributed by atoms with Crippen molar-refractivity contribution < 1.29 is 19.1 Å². The van der Waals surface area contributed by atoms with Crippen molar-refractivity contribution in [3.63, 3.8) is 0 Å². The molecule has 0 aliphatic heterocycles. The van der Waals surface area contributed by atoms with Gasteiger partial charge in [0.2, 0.25) is 0 Å². The molecule has 0 heterocycles. The van der Waals surface area contributed by atoms with Crippen LogP contribution in [0.1, 0.15) is 50.7 Å². The standard InChI is InChI=1S/C20H19NO4/c22-12-14-8-10-16(11-9-14)20(24)25-13-19(23)21-18-7-3-5-15-4-1-2-6-17(15)18/h1-2,4,6,8-12,18H,3,5,7,13H2,(H,21,23). The maximum absolute atomic E-state index is 12.1. The molecule has 0 radical (unpaired) electrons. The molecular weight excluding hydrogens is 318 g/mol. The van der Waals surface area contributed by atoms with Crippen molar-refractivity contribution in [3.8, 4) is 0 Å². The summed E-state index contributed by atoms with van der Waals surface area (Å²) in [6.45, 7) is -0.326. The molecule has 0 saturated carbocycles. The Kier molecular flexibility index (Phi) is 5.23. The number of rotatable bonds is 5. The average Bonchev–Trinajstić information content (AvgIpc) is 2.66. The first-order valence-electron chi connectivity index (χ1n) is 8.27. The van der Waals surface area contributed by atoms with Crippen molar-refractivity contribution >= 4 is 18.2 Å². The van der Waals surface area contributed by atoms with Gasteiger partial charge in [-0.25, -0.2) is 4.79 Å². The number of hydrogen-bond acceptors (Lipinski definition) is 4. The summed E-state index contributed by atoms with van der Waals surface area (Å²) in [4.78, 5) is 34.7. The zero-order valence-electron chi connectivity index (χ0n) is 13.7. The molecule has 1 unspecified atom stereocenters. The van der Waals surface area contributed by atoms with Crippen LogP contribution in [0.15, 0.2) is 48.5 Å². The molecule has 1 amide bonds. The second-order valence-electron chi connectivity index (χ2n) is 6.03. The van der Waals surface area contributed by atoms with E-state index in [0.717, 1.165) is 24.8 Å². The number of ether oxygens (including phenoxy) is 1. The number of benzene rings is 2. The quantitative estimate of drug-likeness (QED) is 0.673. The summed E-state index contributed by atoms with van der Waals surface area (Å²) in [7, 11) is 0. The second kappa shape index (κ2) is 7.75.